The average molecular weight is 279 g/mol. The number of rotatable bonds is 3. The van der Waals surface area contributed by atoms with Crippen molar-refractivity contribution in [2.24, 2.45) is 0 Å². The third-order valence-corrected chi connectivity index (χ3v) is 4.44. The predicted molar refractivity (Wildman–Crippen MR) is 71.9 cm³/mol. The molecule has 6 heteroatoms. The molecule has 19 heavy (non-hydrogen) atoms. The summed E-state index contributed by atoms with van der Waals surface area (Å²) in [7, 11) is 0. The van der Waals surface area contributed by atoms with Gasteiger partial charge in [0.15, 0.2) is 0 Å². The molecule has 0 aliphatic carbocycles. The highest BCUT2D eigenvalue weighted by atomic mass is 32.2. The Labute approximate surface area is 114 Å². The maximum Gasteiger partial charge on any atom is 0.125 e. The molecule has 0 saturated carbocycles. The second-order valence-electron chi connectivity index (χ2n) is 4.84. The molecule has 1 aromatic carbocycles. The van der Waals surface area contributed by atoms with Crippen LogP contribution < -0.4 is 0 Å². The number of benzene rings is 1. The van der Waals surface area contributed by atoms with Crippen LogP contribution in [0.15, 0.2) is 30.5 Å². The van der Waals surface area contributed by atoms with Gasteiger partial charge in [-0.2, -0.15) is 11.8 Å². The Morgan fingerprint density at radius 2 is 2.37 bits per heavy atom. The second-order valence-corrected chi connectivity index (χ2v) is 5.94. The smallest absolute Gasteiger partial charge is 0.125 e. The van der Waals surface area contributed by atoms with Crippen molar-refractivity contribution in [3.05, 3.63) is 42.0 Å². The summed E-state index contributed by atoms with van der Waals surface area (Å²) >= 11 is 1.75. The lowest BCUT2D eigenvalue weighted by Gasteiger charge is -2.18. The van der Waals surface area contributed by atoms with Gasteiger partial charge in [0.25, 0.3) is 0 Å². The molecule has 0 bridgehead atoms. The summed E-state index contributed by atoms with van der Waals surface area (Å²) in [6.07, 6.45) is 3.02. The van der Waals surface area contributed by atoms with E-state index >= 15 is 0 Å². The molecule has 2 aromatic rings. The minimum Gasteiger partial charge on any atom is -0.389 e. The Morgan fingerprint density at radius 1 is 1.47 bits per heavy atom. The Balaban J connectivity index is 1.79. The van der Waals surface area contributed by atoms with Crippen LogP contribution in [0.25, 0.3) is 5.69 Å². The summed E-state index contributed by atoms with van der Waals surface area (Å²) in [5.41, 5.74) is 0.689. The first-order valence-electron chi connectivity index (χ1n) is 6.12. The zero-order chi connectivity index (χ0) is 13.3. The van der Waals surface area contributed by atoms with Gasteiger partial charge in [-0.3, -0.25) is 0 Å². The van der Waals surface area contributed by atoms with Crippen LogP contribution >= 0.6 is 11.8 Å². The molecule has 2 heterocycles. The fourth-order valence-corrected chi connectivity index (χ4v) is 3.49. The third kappa shape index (κ3) is 2.79. The first-order valence-corrected chi connectivity index (χ1v) is 7.27. The molecule has 100 valence electrons. The lowest BCUT2D eigenvalue weighted by molar-refractivity contribution is 0.0676. The molecule has 1 aromatic heterocycles. The van der Waals surface area contributed by atoms with Crippen molar-refractivity contribution in [1.29, 1.82) is 0 Å². The van der Waals surface area contributed by atoms with Crippen molar-refractivity contribution in [3.8, 4) is 5.69 Å². The molecule has 0 amide bonds. The van der Waals surface area contributed by atoms with E-state index in [-0.39, 0.29) is 5.82 Å². The first-order chi connectivity index (χ1) is 9.15. The molecular formula is C13H14FN3OS. The van der Waals surface area contributed by atoms with E-state index in [0.717, 1.165) is 23.6 Å². The molecule has 1 fully saturated rings. The van der Waals surface area contributed by atoms with Crippen LogP contribution in [0.4, 0.5) is 4.39 Å². The third-order valence-electron chi connectivity index (χ3n) is 3.21. The van der Waals surface area contributed by atoms with Gasteiger partial charge < -0.3 is 5.11 Å². The van der Waals surface area contributed by atoms with Crippen LogP contribution in [-0.2, 0) is 6.42 Å². The number of hydrogen-bond acceptors (Lipinski definition) is 4. The Hall–Kier alpha value is -1.40. The van der Waals surface area contributed by atoms with Crippen molar-refractivity contribution < 1.29 is 9.50 Å². The molecular weight excluding hydrogens is 265 g/mol. The van der Waals surface area contributed by atoms with Crippen molar-refractivity contribution in [2.45, 2.75) is 18.4 Å². The van der Waals surface area contributed by atoms with Crippen LogP contribution in [0.1, 0.15) is 12.1 Å². The van der Waals surface area contributed by atoms with Crippen molar-refractivity contribution >= 4 is 11.8 Å². The minimum atomic E-state index is -0.673. The van der Waals surface area contributed by atoms with E-state index in [1.54, 1.807) is 30.1 Å². The summed E-state index contributed by atoms with van der Waals surface area (Å²) in [6, 6.07) is 6.19. The Bertz CT molecular complexity index is 581. The SMILES string of the molecule is OC1(Cc2cn(-c3cccc(F)c3)nn2)CCSC1. The van der Waals surface area contributed by atoms with Crippen LogP contribution in [0, 0.1) is 5.82 Å². The number of nitrogens with zero attached hydrogens (tertiary/aromatic N) is 3. The zero-order valence-corrected chi connectivity index (χ0v) is 11.1. The summed E-state index contributed by atoms with van der Waals surface area (Å²) in [4.78, 5) is 0. The lowest BCUT2D eigenvalue weighted by atomic mass is 9.98. The maximum absolute atomic E-state index is 13.1. The molecule has 0 spiro atoms. The van der Waals surface area contributed by atoms with E-state index in [0.29, 0.717) is 12.1 Å². The van der Waals surface area contributed by atoms with E-state index in [1.165, 1.54) is 16.8 Å². The highest BCUT2D eigenvalue weighted by molar-refractivity contribution is 7.99. The van der Waals surface area contributed by atoms with Crippen molar-refractivity contribution in [3.63, 3.8) is 0 Å². The van der Waals surface area contributed by atoms with Crippen molar-refractivity contribution in [1.82, 2.24) is 15.0 Å². The molecule has 1 N–H and O–H groups in total. The van der Waals surface area contributed by atoms with Crippen LogP contribution in [0.2, 0.25) is 0 Å². The summed E-state index contributed by atoms with van der Waals surface area (Å²) in [5, 5.41) is 18.3. The summed E-state index contributed by atoms with van der Waals surface area (Å²) < 4.78 is 14.7. The van der Waals surface area contributed by atoms with E-state index < -0.39 is 5.60 Å². The summed E-state index contributed by atoms with van der Waals surface area (Å²) in [5.74, 6) is 1.41. The second kappa shape index (κ2) is 4.94. The fraction of sp³-hybridized carbons (Fsp3) is 0.385. The van der Waals surface area contributed by atoms with E-state index in [2.05, 4.69) is 10.3 Å². The molecule has 1 aliphatic rings. The van der Waals surface area contributed by atoms with E-state index in [9.17, 15) is 9.50 Å². The average Bonchev–Trinajstić information content (AvgIpc) is 2.99. The van der Waals surface area contributed by atoms with Gasteiger partial charge in [0.05, 0.1) is 23.2 Å². The van der Waals surface area contributed by atoms with Gasteiger partial charge in [-0.05, 0) is 30.4 Å². The van der Waals surface area contributed by atoms with Crippen LogP contribution in [0.3, 0.4) is 0 Å². The Kier molecular flexibility index (Phi) is 3.28. The summed E-state index contributed by atoms with van der Waals surface area (Å²) in [6.45, 7) is 0. The molecule has 1 unspecified atom stereocenters. The number of aliphatic hydroxyl groups is 1. The lowest BCUT2D eigenvalue weighted by Crippen LogP contribution is -2.30. The van der Waals surface area contributed by atoms with Crippen molar-refractivity contribution in [2.75, 3.05) is 11.5 Å². The topological polar surface area (TPSA) is 50.9 Å². The van der Waals surface area contributed by atoms with Gasteiger partial charge in [0.2, 0.25) is 0 Å². The molecule has 1 atom stereocenters. The standard InChI is InChI=1S/C13H14FN3OS/c14-10-2-1-3-12(6-10)17-8-11(15-16-17)7-13(18)4-5-19-9-13/h1-3,6,8,18H,4-5,7,9H2. The largest absolute Gasteiger partial charge is 0.389 e. The van der Waals surface area contributed by atoms with E-state index in [4.69, 9.17) is 0 Å². The quantitative estimate of drug-likeness (QED) is 0.931. The minimum absolute atomic E-state index is 0.305. The number of hydrogen-bond donors (Lipinski definition) is 1. The highest BCUT2D eigenvalue weighted by Crippen LogP contribution is 2.30. The zero-order valence-electron chi connectivity index (χ0n) is 10.3. The van der Waals surface area contributed by atoms with Gasteiger partial charge >= 0.3 is 0 Å². The van der Waals surface area contributed by atoms with Crippen LogP contribution in [-0.4, -0.2) is 37.2 Å². The van der Waals surface area contributed by atoms with Gasteiger partial charge in [0, 0.05) is 12.2 Å². The molecule has 1 saturated heterocycles. The molecule has 1 aliphatic heterocycles. The molecule has 4 nitrogen and oxygen atoms in total. The van der Waals surface area contributed by atoms with Gasteiger partial charge in [-0.1, -0.05) is 11.3 Å². The predicted octanol–water partition coefficient (Wildman–Crippen LogP) is 1.82. The van der Waals surface area contributed by atoms with Gasteiger partial charge in [-0.25, -0.2) is 9.07 Å². The molecule has 3 rings (SSSR count). The van der Waals surface area contributed by atoms with Gasteiger partial charge in [-0.15, -0.1) is 5.10 Å². The maximum atomic E-state index is 13.1. The number of aromatic nitrogens is 3. The Morgan fingerprint density at radius 3 is 3.11 bits per heavy atom. The first kappa shape index (κ1) is 12.6. The number of thioether (sulfide) groups is 1. The molecule has 0 radical (unpaired) electrons. The highest BCUT2D eigenvalue weighted by Gasteiger charge is 2.32. The van der Waals surface area contributed by atoms with Gasteiger partial charge in [0.1, 0.15) is 5.82 Å². The fourth-order valence-electron chi connectivity index (χ4n) is 2.20. The normalized spacial score (nSPS) is 22.8. The monoisotopic (exact) mass is 279 g/mol. The van der Waals surface area contributed by atoms with Crippen LogP contribution in [0.5, 0.6) is 0 Å². The van der Waals surface area contributed by atoms with E-state index in [1.807, 2.05) is 0 Å². The number of halogens is 1.